The van der Waals surface area contributed by atoms with Crippen LogP contribution in [0.25, 0.3) is 0 Å². The van der Waals surface area contributed by atoms with Crippen LogP contribution >= 0.6 is 0 Å². The molecule has 1 aromatic heterocycles. The first-order chi connectivity index (χ1) is 11.9. The molecule has 0 saturated carbocycles. The van der Waals surface area contributed by atoms with Gasteiger partial charge in [-0.3, -0.25) is 14.9 Å². The molecule has 0 bridgehead atoms. The van der Waals surface area contributed by atoms with Crippen LogP contribution in [0.5, 0.6) is 0 Å². The normalized spacial score (nSPS) is 22.0. The van der Waals surface area contributed by atoms with Crippen molar-refractivity contribution in [3.63, 3.8) is 0 Å². The number of ether oxygens (including phenoxy) is 1. The predicted molar refractivity (Wildman–Crippen MR) is 93.9 cm³/mol. The van der Waals surface area contributed by atoms with Gasteiger partial charge in [-0.15, -0.1) is 0 Å². The molecular weight excluding hydrogens is 300 g/mol. The Bertz CT molecular complexity index is 657. The van der Waals surface area contributed by atoms with Gasteiger partial charge in [0.1, 0.15) is 0 Å². The van der Waals surface area contributed by atoms with Crippen molar-refractivity contribution in [1.82, 2.24) is 14.9 Å². The van der Waals surface area contributed by atoms with E-state index in [4.69, 9.17) is 9.72 Å². The van der Waals surface area contributed by atoms with Crippen LogP contribution in [0.4, 0.5) is 5.69 Å². The second-order valence-corrected chi connectivity index (χ2v) is 6.51. The van der Waals surface area contributed by atoms with Crippen LogP contribution < -0.4 is 4.90 Å². The van der Waals surface area contributed by atoms with E-state index in [0.717, 1.165) is 57.2 Å². The highest BCUT2D eigenvalue weighted by Gasteiger charge is 2.27. The molecule has 5 heteroatoms. The van der Waals surface area contributed by atoms with Crippen LogP contribution in [0.15, 0.2) is 42.7 Å². The van der Waals surface area contributed by atoms with E-state index >= 15 is 0 Å². The molecule has 4 rings (SSSR count). The summed E-state index contributed by atoms with van der Waals surface area (Å²) in [5, 5.41) is 0. The summed E-state index contributed by atoms with van der Waals surface area (Å²) in [6, 6.07) is 11.0. The first-order valence-electron chi connectivity index (χ1n) is 8.83. The maximum Gasteiger partial charge on any atom is 0.0815 e. The second-order valence-electron chi connectivity index (χ2n) is 6.51. The number of hydrogen-bond donors (Lipinski definition) is 0. The lowest BCUT2D eigenvalue weighted by Gasteiger charge is -2.28. The Hall–Kier alpha value is -1.98. The average Bonchev–Trinajstić information content (AvgIpc) is 3.13. The van der Waals surface area contributed by atoms with Crippen molar-refractivity contribution in [2.45, 2.75) is 25.4 Å². The first kappa shape index (κ1) is 15.5. The Balaban J connectivity index is 1.52. The van der Waals surface area contributed by atoms with Crippen LogP contribution in [0.3, 0.4) is 0 Å². The topological polar surface area (TPSA) is 41.5 Å². The van der Waals surface area contributed by atoms with E-state index < -0.39 is 0 Å². The number of nitrogens with zero attached hydrogens (tertiary/aromatic N) is 4. The fraction of sp³-hybridized carbons (Fsp3) is 0.474. The van der Waals surface area contributed by atoms with Crippen LogP contribution in [-0.2, 0) is 11.3 Å². The SMILES string of the molecule is c1ccc(N2CCC[C@H]2c2cncc(CN3CCOCC3)n2)cc1. The van der Waals surface area contributed by atoms with Crippen molar-refractivity contribution >= 4 is 5.69 Å². The highest BCUT2D eigenvalue weighted by atomic mass is 16.5. The van der Waals surface area contributed by atoms with Crippen molar-refractivity contribution in [3.8, 4) is 0 Å². The maximum atomic E-state index is 5.42. The molecular formula is C19H24N4O. The van der Waals surface area contributed by atoms with Gasteiger partial charge in [0.2, 0.25) is 0 Å². The summed E-state index contributed by atoms with van der Waals surface area (Å²) < 4.78 is 5.42. The molecule has 0 amide bonds. The van der Waals surface area contributed by atoms with Gasteiger partial charge in [0, 0.05) is 38.1 Å². The van der Waals surface area contributed by atoms with E-state index in [1.807, 2.05) is 12.4 Å². The van der Waals surface area contributed by atoms with E-state index in [1.54, 1.807) is 0 Å². The summed E-state index contributed by atoms with van der Waals surface area (Å²) in [6.07, 6.45) is 6.19. The van der Waals surface area contributed by atoms with Gasteiger partial charge in [-0.1, -0.05) is 18.2 Å². The zero-order chi connectivity index (χ0) is 16.2. The number of morpholine rings is 1. The lowest BCUT2D eigenvalue weighted by molar-refractivity contribution is 0.0335. The number of aromatic nitrogens is 2. The summed E-state index contributed by atoms with van der Waals surface area (Å²) in [4.78, 5) is 14.3. The summed E-state index contributed by atoms with van der Waals surface area (Å²) in [6.45, 7) is 5.54. The molecule has 2 aliphatic heterocycles. The molecule has 2 aliphatic rings. The molecule has 2 saturated heterocycles. The second kappa shape index (κ2) is 7.28. The molecule has 2 fully saturated rings. The third-order valence-corrected chi connectivity index (χ3v) is 4.87. The van der Waals surface area contributed by atoms with Gasteiger partial charge in [0.05, 0.1) is 36.8 Å². The molecule has 1 aromatic carbocycles. The molecule has 24 heavy (non-hydrogen) atoms. The lowest BCUT2D eigenvalue weighted by atomic mass is 10.1. The summed E-state index contributed by atoms with van der Waals surface area (Å²) in [5.41, 5.74) is 3.44. The van der Waals surface area contributed by atoms with Crippen molar-refractivity contribution < 1.29 is 4.74 Å². The van der Waals surface area contributed by atoms with Crippen LogP contribution in [-0.4, -0.2) is 47.7 Å². The quantitative estimate of drug-likeness (QED) is 0.865. The van der Waals surface area contributed by atoms with E-state index in [0.29, 0.717) is 6.04 Å². The fourth-order valence-electron chi connectivity index (χ4n) is 3.65. The number of rotatable bonds is 4. The fourth-order valence-corrected chi connectivity index (χ4v) is 3.65. The van der Waals surface area contributed by atoms with Crippen molar-refractivity contribution in [1.29, 1.82) is 0 Å². The molecule has 0 radical (unpaired) electrons. The summed E-state index contributed by atoms with van der Waals surface area (Å²) in [5.74, 6) is 0. The van der Waals surface area contributed by atoms with E-state index in [-0.39, 0.29) is 0 Å². The van der Waals surface area contributed by atoms with Crippen molar-refractivity contribution in [3.05, 3.63) is 54.1 Å². The molecule has 0 spiro atoms. The largest absolute Gasteiger partial charge is 0.379 e. The molecule has 3 heterocycles. The van der Waals surface area contributed by atoms with Gasteiger partial charge in [0.15, 0.2) is 0 Å². The smallest absolute Gasteiger partial charge is 0.0815 e. The van der Waals surface area contributed by atoms with E-state index in [2.05, 4.69) is 45.1 Å². The van der Waals surface area contributed by atoms with Gasteiger partial charge in [-0.25, -0.2) is 0 Å². The molecule has 2 aromatic rings. The first-order valence-corrected chi connectivity index (χ1v) is 8.83. The number of benzene rings is 1. The van der Waals surface area contributed by atoms with Gasteiger partial charge in [0.25, 0.3) is 0 Å². The number of hydrogen-bond acceptors (Lipinski definition) is 5. The van der Waals surface area contributed by atoms with E-state index in [9.17, 15) is 0 Å². The van der Waals surface area contributed by atoms with Crippen molar-refractivity contribution in [2.75, 3.05) is 37.7 Å². The van der Waals surface area contributed by atoms with Gasteiger partial charge >= 0.3 is 0 Å². The van der Waals surface area contributed by atoms with Crippen LogP contribution in [0.1, 0.15) is 30.3 Å². The molecule has 126 valence electrons. The monoisotopic (exact) mass is 324 g/mol. The molecule has 0 aliphatic carbocycles. The summed E-state index contributed by atoms with van der Waals surface area (Å²) in [7, 11) is 0. The average molecular weight is 324 g/mol. The third kappa shape index (κ3) is 3.42. The van der Waals surface area contributed by atoms with E-state index in [1.165, 1.54) is 12.1 Å². The standard InChI is InChI=1S/C19H24N4O/c1-2-5-17(6-3-1)23-8-4-7-19(23)18-14-20-13-16(21-18)15-22-9-11-24-12-10-22/h1-3,5-6,13-14,19H,4,7-12,15H2/t19-/m0/s1. The number of para-hydroxylation sites is 1. The minimum atomic E-state index is 0.338. The Morgan fingerprint density at radius 3 is 2.71 bits per heavy atom. The summed E-state index contributed by atoms with van der Waals surface area (Å²) >= 11 is 0. The highest BCUT2D eigenvalue weighted by molar-refractivity contribution is 5.49. The van der Waals surface area contributed by atoms with Gasteiger partial charge < -0.3 is 9.64 Å². The third-order valence-electron chi connectivity index (χ3n) is 4.87. The molecule has 0 N–H and O–H groups in total. The Labute approximate surface area is 143 Å². The van der Waals surface area contributed by atoms with Crippen LogP contribution in [0.2, 0.25) is 0 Å². The zero-order valence-corrected chi connectivity index (χ0v) is 14.0. The minimum Gasteiger partial charge on any atom is -0.379 e. The minimum absolute atomic E-state index is 0.338. The van der Waals surface area contributed by atoms with Gasteiger partial charge in [-0.2, -0.15) is 0 Å². The lowest BCUT2D eigenvalue weighted by Crippen LogP contribution is -2.36. The Kier molecular flexibility index (Phi) is 4.71. The Morgan fingerprint density at radius 2 is 1.88 bits per heavy atom. The maximum absolute atomic E-state index is 5.42. The predicted octanol–water partition coefficient (Wildman–Crippen LogP) is 2.65. The van der Waals surface area contributed by atoms with Gasteiger partial charge in [-0.05, 0) is 25.0 Å². The molecule has 1 atom stereocenters. The Morgan fingerprint density at radius 1 is 1.04 bits per heavy atom. The molecule has 0 unspecified atom stereocenters. The van der Waals surface area contributed by atoms with Crippen molar-refractivity contribution in [2.24, 2.45) is 0 Å². The molecule has 5 nitrogen and oxygen atoms in total. The number of anilines is 1. The van der Waals surface area contributed by atoms with Crippen LogP contribution in [0, 0.1) is 0 Å². The highest BCUT2D eigenvalue weighted by Crippen LogP contribution is 2.34. The zero-order valence-electron chi connectivity index (χ0n) is 14.0.